The molecule has 0 aliphatic heterocycles. The van der Waals surface area contributed by atoms with Crippen LogP contribution in [0.25, 0.3) is 0 Å². The highest BCUT2D eigenvalue weighted by Gasteiger charge is 2.41. The maximum absolute atomic E-state index is 3.57. The molecule has 2 unspecified atom stereocenters. The van der Waals surface area contributed by atoms with E-state index in [4.69, 9.17) is 0 Å². The second-order valence-corrected chi connectivity index (χ2v) is 7.10. The fourth-order valence-electron chi connectivity index (χ4n) is 2.92. The van der Waals surface area contributed by atoms with Crippen molar-refractivity contribution in [2.45, 2.75) is 91.1 Å². The molecule has 2 atom stereocenters. The summed E-state index contributed by atoms with van der Waals surface area (Å²) in [5, 5.41) is 7.11. The number of nitrogens with one attached hydrogen (secondary N) is 2. The summed E-state index contributed by atoms with van der Waals surface area (Å²) in [5.41, 5.74) is 0.378. The van der Waals surface area contributed by atoms with Crippen molar-refractivity contribution in [3.63, 3.8) is 0 Å². The van der Waals surface area contributed by atoms with Crippen LogP contribution in [0.3, 0.4) is 0 Å². The largest absolute Gasteiger partial charge is 0.315 e. The number of unbranched alkanes of at least 4 members (excludes halogenated alkanes) is 5. The monoisotopic (exact) mass is 270 g/mol. The molecule has 0 bridgehead atoms. The SMILES string of the molecule is CCCCCCCCC(NC)C(C)(NC)C(C)(C)C. The third-order valence-corrected chi connectivity index (χ3v) is 4.97. The summed E-state index contributed by atoms with van der Waals surface area (Å²) < 4.78 is 0. The first-order valence-electron chi connectivity index (χ1n) is 8.19. The first kappa shape index (κ1) is 18.9. The molecule has 0 saturated carbocycles. The zero-order valence-corrected chi connectivity index (χ0v) is 14.5. The molecule has 116 valence electrons. The Morgan fingerprint density at radius 2 is 1.37 bits per heavy atom. The van der Waals surface area contributed by atoms with E-state index in [1.54, 1.807) is 0 Å². The molecule has 0 rings (SSSR count). The Kier molecular flexibility index (Phi) is 8.93. The topological polar surface area (TPSA) is 24.1 Å². The Hall–Kier alpha value is -0.0800. The van der Waals surface area contributed by atoms with Gasteiger partial charge in [-0.3, -0.25) is 0 Å². The van der Waals surface area contributed by atoms with E-state index in [1.807, 2.05) is 0 Å². The quantitative estimate of drug-likeness (QED) is 0.577. The molecular weight excluding hydrogens is 232 g/mol. The lowest BCUT2D eigenvalue weighted by molar-refractivity contribution is 0.112. The van der Waals surface area contributed by atoms with Gasteiger partial charge in [-0.15, -0.1) is 0 Å². The van der Waals surface area contributed by atoms with Gasteiger partial charge in [0.15, 0.2) is 0 Å². The van der Waals surface area contributed by atoms with Crippen molar-refractivity contribution in [2.24, 2.45) is 5.41 Å². The Morgan fingerprint density at radius 3 is 1.79 bits per heavy atom. The van der Waals surface area contributed by atoms with E-state index in [9.17, 15) is 0 Å². The van der Waals surface area contributed by atoms with Crippen LogP contribution >= 0.6 is 0 Å². The zero-order valence-electron chi connectivity index (χ0n) is 14.5. The molecule has 2 N–H and O–H groups in total. The van der Waals surface area contributed by atoms with Gasteiger partial charge in [0, 0.05) is 11.6 Å². The third kappa shape index (κ3) is 5.83. The van der Waals surface area contributed by atoms with Gasteiger partial charge in [0.1, 0.15) is 0 Å². The van der Waals surface area contributed by atoms with Gasteiger partial charge in [0.25, 0.3) is 0 Å². The van der Waals surface area contributed by atoms with Crippen molar-refractivity contribution >= 4 is 0 Å². The smallest absolute Gasteiger partial charge is 0.0352 e. The van der Waals surface area contributed by atoms with Gasteiger partial charge in [-0.25, -0.2) is 0 Å². The van der Waals surface area contributed by atoms with Crippen molar-refractivity contribution in [3.05, 3.63) is 0 Å². The highest BCUT2D eigenvalue weighted by Crippen LogP contribution is 2.34. The summed E-state index contributed by atoms with van der Waals surface area (Å²) in [6.07, 6.45) is 9.51. The lowest BCUT2D eigenvalue weighted by Gasteiger charge is -2.48. The maximum atomic E-state index is 3.57. The van der Waals surface area contributed by atoms with Crippen molar-refractivity contribution in [3.8, 4) is 0 Å². The molecule has 0 saturated heterocycles. The molecule has 2 nitrogen and oxygen atoms in total. The van der Waals surface area contributed by atoms with E-state index >= 15 is 0 Å². The Labute approximate surface area is 122 Å². The zero-order chi connectivity index (χ0) is 14.9. The normalized spacial score (nSPS) is 17.2. The van der Waals surface area contributed by atoms with E-state index in [2.05, 4.69) is 59.3 Å². The summed E-state index contributed by atoms with van der Waals surface area (Å²) in [7, 11) is 4.19. The van der Waals surface area contributed by atoms with Crippen molar-refractivity contribution in [2.75, 3.05) is 14.1 Å². The lowest BCUT2D eigenvalue weighted by atomic mass is 9.69. The first-order chi connectivity index (χ1) is 8.83. The van der Waals surface area contributed by atoms with Crippen LogP contribution in [-0.4, -0.2) is 25.7 Å². The van der Waals surface area contributed by atoms with Crippen LogP contribution in [0.4, 0.5) is 0 Å². The van der Waals surface area contributed by atoms with Crippen LogP contribution < -0.4 is 10.6 Å². The predicted molar refractivity (Wildman–Crippen MR) is 87.8 cm³/mol. The Balaban J connectivity index is 4.25. The van der Waals surface area contributed by atoms with Crippen molar-refractivity contribution in [1.82, 2.24) is 10.6 Å². The summed E-state index contributed by atoms with van der Waals surface area (Å²) in [5.74, 6) is 0. The molecule has 0 amide bonds. The minimum Gasteiger partial charge on any atom is -0.315 e. The fraction of sp³-hybridized carbons (Fsp3) is 1.00. The first-order valence-corrected chi connectivity index (χ1v) is 8.19. The molecular formula is C17H38N2. The summed E-state index contributed by atoms with van der Waals surface area (Å²) in [6, 6.07) is 0.531. The highest BCUT2D eigenvalue weighted by molar-refractivity contribution is 5.02. The van der Waals surface area contributed by atoms with Gasteiger partial charge < -0.3 is 10.6 Å². The maximum Gasteiger partial charge on any atom is 0.0352 e. The predicted octanol–water partition coefficient (Wildman–Crippen LogP) is 4.35. The molecule has 0 aromatic rings. The van der Waals surface area contributed by atoms with Gasteiger partial charge >= 0.3 is 0 Å². The van der Waals surface area contributed by atoms with Crippen LogP contribution in [0.15, 0.2) is 0 Å². The van der Waals surface area contributed by atoms with Crippen LogP contribution in [-0.2, 0) is 0 Å². The van der Waals surface area contributed by atoms with E-state index < -0.39 is 0 Å². The minimum absolute atomic E-state index is 0.130. The number of hydrogen-bond acceptors (Lipinski definition) is 2. The van der Waals surface area contributed by atoms with E-state index in [0.717, 1.165) is 0 Å². The molecule has 0 aliphatic rings. The Morgan fingerprint density at radius 1 is 0.842 bits per heavy atom. The van der Waals surface area contributed by atoms with Crippen LogP contribution in [0.2, 0.25) is 0 Å². The molecule has 0 heterocycles. The summed E-state index contributed by atoms with van der Waals surface area (Å²) in [6.45, 7) is 11.6. The van der Waals surface area contributed by atoms with Crippen molar-refractivity contribution < 1.29 is 0 Å². The van der Waals surface area contributed by atoms with Crippen LogP contribution in [0, 0.1) is 5.41 Å². The minimum atomic E-state index is 0.130. The molecule has 0 radical (unpaired) electrons. The van der Waals surface area contributed by atoms with Gasteiger partial charge in [-0.05, 0) is 32.9 Å². The van der Waals surface area contributed by atoms with Gasteiger partial charge in [-0.2, -0.15) is 0 Å². The van der Waals surface area contributed by atoms with Crippen LogP contribution in [0.1, 0.15) is 79.6 Å². The molecule has 0 spiro atoms. The van der Waals surface area contributed by atoms with Gasteiger partial charge in [0.2, 0.25) is 0 Å². The molecule has 19 heavy (non-hydrogen) atoms. The average Bonchev–Trinajstić information content (AvgIpc) is 2.36. The van der Waals surface area contributed by atoms with E-state index in [1.165, 1.54) is 44.9 Å². The van der Waals surface area contributed by atoms with Gasteiger partial charge in [-0.1, -0.05) is 66.2 Å². The number of likely N-dealkylation sites (N-methyl/N-ethyl adjacent to an activating group) is 2. The molecule has 0 fully saturated rings. The Bertz CT molecular complexity index is 220. The van der Waals surface area contributed by atoms with Crippen LogP contribution in [0.5, 0.6) is 0 Å². The summed E-state index contributed by atoms with van der Waals surface area (Å²) in [4.78, 5) is 0. The number of hydrogen-bond donors (Lipinski definition) is 2. The van der Waals surface area contributed by atoms with E-state index in [0.29, 0.717) is 6.04 Å². The molecule has 0 aliphatic carbocycles. The standard InChI is InChI=1S/C17H38N2/c1-8-9-10-11-12-13-14-15(18-6)17(5,19-7)16(2,3)4/h15,18-19H,8-14H2,1-7H3. The third-order valence-electron chi connectivity index (χ3n) is 4.97. The lowest BCUT2D eigenvalue weighted by Crippen LogP contribution is -2.63. The average molecular weight is 271 g/mol. The van der Waals surface area contributed by atoms with E-state index in [-0.39, 0.29) is 11.0 Å². The fourth-order valence-corrected chi connectivity index (χ4v) is 2.92. The highest BCUT2D eigenvalue weighted by atomic mass is 15.1. The second kappa shape index (κ2) is 8.97. The molecule has 0 aromatic carbocycles. The molecule has 2 heteroatoms. The van der Waals surface area contributed by atoms with Gasteiger partial charge in [0.05, 0.1) is 0 Å². The number of rotatable bonds is 10. The summed E-state index contributed by atoms with van der Waals surface area (Å²) >= 11 is 0. The van der Waals surface area contributed by atoms with Crippen molar-refractivity contribution in [1.29, 1.82) is 0 Å². The molecule has 0 aromatic heterocycles. The second-order valence-electron chi connectivity index (χ2n) is 7.10.